The van der Waals surface area contributed by atoms with Crippen molar-refractivity contribution >= 4 is 11.6 Å². The third-order valence-electron chi connectivity index (χ3n) is 3.66. The molecule has 6 nitrogen and oxygen atoms in total. The molecule has 6 heteroatoms. The highest BCUT2D eigenvalue weighted by molar-refractivity contribution is 5.90. The first-order chi connectivity index (χ1) is 12.6. The molecule has 2 aromatic carbocycles. The van der Waals surface area contributed by atoms with Crippen LogP contribution in [-0.4, -0.2) is 16.0 Å². The molecule has 0 radical (unpaired) electrons. The standard InChI is InChI=1S/C20H21N3O3/c1-14(2)20-22-19(26-23-20)12-11-18(24)21-15-7-6-10-17(13-15)25-16-8-4-3-5-9-16/h3-10,13-14H,11-12H2,1-2H3,(H,21,24). The molecule has 0 saturated heterocycles. The Hall–Kier alpha value is -3.15. The Morgan fingerprint density at radius 1 is 1.12 bits per heavy atom. The van der Waals surface area contributed by atoms with Crippen LogP contribution in [0.3, 0.4) is 0 Å². The lowest BCUT2D eigenvalue weighted by Crippen LogP contribution is -2.12. The topological polar surface area (TPSA) is 77.2 Å². The van der Waals surface area contributed by atoms with Gasteiger partial charge in [0.05, 0.1) is 0 Å². The molecular formula is C20H21N3O3. The summed E-state index contributed by atoms with van der Waals surface area (Å²) in [7, 11) is 0. The predicted molar refractivity (Wildman–Crippen MR) is 98.3 cm³/mol. The highest BCUT2D eigenvalue weighted by Gasteiger charge is 2.11. The first kappa shape index (κ1) is 17.7. The van der Waals surface area contributed by atoms with E-state index < -0.39 is 0 Å². The van der Waals surface area contributed by atoms with Crippen LogP contribution in [0.25, 0.3) is 0 Å². The second-order valence-electron chi connectivity index (χ2n) is 6.19. The summed E-state index contributed by atoms with van der Waals surface area (Å²) in [6.07, 6.45) is 0.676. The molecule has 0 aliphatic carbocycles. The number of para-hydroxylation sites is 1. The molecule has 0 aliphatic heterocycles. The average molecular weight is 351 g/mol. The van der Waals surface area contributed by atoms with Gasteiger partial charge in [0.15, 0.2) is 5.82 Å². The van der Waals surface area contributed by atoms with E-state index in [0.29, 0.717) is 29.6 Å². The number of nitrogens with zero attached hydrogens (tertiary/aromatic N) is 2. The fraction of sp³-hybridized carbons (Fsp3) is 0.250. The van der Waals surface area contributed by atoms with E-state index in [2.05, 4.69) is 15.5 Å². The van der Waals surface area contributed by atoms with Crippen LogP contribution in [0.4, 0.5) is 5.69 Å². The molecule has 0 bridgehead atoms. The zero-order chi connectivity index (χ0) is 18.4. The molecule has 26 heavy (non-hydrogen) atoms. The van der Waals surface area contributed by atoms with Crippen LogP contribution >= 0.6 is 0 Å². The van der Waals surface area contributed by atoms with E-state index in [1.807, 2.05) is 62.4 Å². The second-order valence-corrected chi connectivity index (χ2v) is 6.19. The van der Waals surface area contributed by atoms with Crippen molar-refractivity contribution in [2.24, 2.45) is 0 Å². The summed E-state index contributed by atoms with van der Waals surface area (Å²) in [5.41, 5.74) is 0.678. The first-order valence-electron chi connectivity index (χ1n) is 8.55. The molecule has 0 spiro atoms. The van der Waals surface area contributed by atoms with E-state index in [1.165, 1.54) is 0 Å². The van der Waals surface area contributed by atoms with Gasteiger partial charge in [-0.2, -0.15) is 4.98 Å². The largest absolute Gasteiger partial charge is 0.457 e. The first-order valence-corrected chi connectivity index (χ1v) is 8.55. The highest BCUT2D eigenvalue weighted by atomic mass is 16.5. The maximum absolute atomic E-state index is 12.2. The number of carbonyl (C=O) groups excluding carboxylic acids is 1. The van der Waals surface area contributed by atoms with Crippen LogP contribution < -0.4 is 10.1 Å². The molecule has 3 rings (SSSR count). The smallest absolute Gasteiger partial charge is 0.227 e. The van der Waals surface area contributed by atoms with E-state index in [0.717, 1.165) is 5.75 Å². The molecular weight excluding hydrogens is 330 g/mol. The lowest BCUT2D eigenvalue weighted by atomic mass is 10.2. The molecule has 0 fully saturated rings. The van der Waals surface area contributed by atoms with Crippen LogP contribution in [0, 0.1) is 0 Å². The van der Waals surface area contributed by atoms with E-state index in [1.54, 1.807) is 6.07 Å². The Balaban J connectivity index is 1.54. The number of aromatic nitrogens is 2. The number of hydrogen-bond acceptors (Lipinski definition) is 5. The number of amides is 1. The normalized spacial score (nSPS) is 10.7. The SMILES string of the molecule is CC(C)c1noc(CCC(=O)Nc2cccc(Oc3ccccc3)c2)n1. The summed E-state index contributed by atoms with van der Waals surface area (Å²) in [5.74, 6) is 2.62. The van der Waals surface area contributed by atoms with Crippen LogP contribution in [-0.2, 0) is 11.2 Å². The fourth-order valence-corrected chi connectivity index (χ4v) is 2.31. The maximum Gasteiger partial charge on any atom is 0.227 e. The average Bonchev–Trinajstić information content (AvgIpc) is 3.11. The number of carbonyl (C=O) groups is 1. The number of hydrogen-bond donors (Lipinski definition) is 1. The molecule has 0 aliphatic rings. The van der Waals surface area contributed by atoms with Gasteiger partial charge in [0.1, 0.15) is 11.5 Å². The highest BCUT2D eigenvalue weighted by Crippen LogP contribution is 2.24. The Kier molecular flexibility index (Phi) is 5.63. The number of rotatable bonds is 7. The van der Waals surface area contributed by atoms with E-state index in [4.69, 9.17) is 9.26 Å². The number of nitrogens with one attached hydrogen (secondary N) is 1. The summed E-state index contributed by atoms with van der Waals surface area (Å²) in [6, 6.07) is 16.8. The van der Waals surface area contributed by atoms with Crippen molar-refractivity contribution in [3.05, 3.63) is 66.3 Å². The molecule has 0 unspecified atom stereocenters. The van der Waals surface area contributed by atoms with Gasteiger partial charge in [-0.15, -0.1) is 0 Å². The summed E-state index contributed by atoms with van der Waals surface area (Å²) >= 11 is 0. The summed E-state index contributed by atoms with van der Waals surface area (Å²) in [6.45, 7) is 3.98. The summed E-state index contributed by atoms with van der Waals surface area (Å²) in [5, 5.41) is 6.75. The second kappa shape index (κ2) is 8.29. The van der Waals surface area contributed by atoms with Crippen molar-refractivity contribution in [1.29, 1.82) is 0 Å². The quantitative estimate of drug-likeness (QED) is 0.675. The van der Waals surface area contributed by atoms with E-state index >= 15 is 0 Å². The molecule has 1 aromatic heterocycles. The number of anilines is 1. The van der Waals surface area contributed by atoms with Crippen molar-refractivity contribution in [2.45, 2.75) is 32.6 Å². The molecule has 3 aromatic rings. The zero-order valence-electron chi connectivity index (χ0n) is 14.8. The lowest BCUT2D eigenvalue weighted by molar-refractivity contribution is -0.116. The van der Waals surface area contributed by atoms with E-state index in [-0.39, 0.29) is 18.2 Å². The van der Waals surface area contributed by atoms with Crippen LogP contribution in [0.1, 0.15) is 37.9 Å². The van der Waals surface area contributed by atoms with Gasteiger partial charge in [0.25, 0.3) is 0 Å². The van der Waals surface area contributed by atoms with Crippen molar-refractivity contribution in [3.63, 3.8) is 0 Å². The predicted octanol–water partition coefficient (Wildman–Crippen LogP) is 4.56. The minimum Gasteiger partial charge on any atom is -0.457 e. The molecule has 1 heterocycles. The Morgan fingerprint density at radius 3 is 2.62 bits per heavy atom. The molecule has 1 amide bonds. The lowest BCUT2D eigenvalue weighted by Gasteiger charge is -2.08. The van der Waals surface area contributed by atoms with Gasteiger partial charge in [0, 0.05) is 30.5 Å². The van der Waals surface area contributed by atoms with Crippen molar-refractivity contribution < 1.29 is 14.1 Å². The van der Waals surface area contributed by atoms with Crippen molar-refractivity contribution in [2.75, 3.05) is 5.32 Å². The molecule has 0 saturated carbocycles. The molecule has 1 N–H and O–H groups in total. The Bertz CT molecular complexity index is 860. The Labute approximate surface area is 152 Å². The summed E-state index contributed by atoms with van der Waals surface area (Å²) in [4.78, 5) is 16.4. The molecule has 134 valence electrons. The van der Waals surface area contributed by atoms with Gasteiger partial charge in [-0.3, -0.25) is 4.79 Å². The van der Waals surface area contributed by atoms with Crippen LogP contribution in [0.2, 0.25) is 0 Å². The van der Waals surface area contributed by atoms with Crippen LogP contribution in [0.15, 0.2) is 59.1 Å². The number of ether oxygens (including phenoxy) is 1. The third kappa shape index (κ3) is 4.92. The minimum absolute atomic E-state index is 0.119. The maximum atomic E-state index is 12.2. The third-order valence-corrected chi connectivity index (χ3v) is 3.66. The fourth-order valence-electron chi connectivity index (χ4n) is 2.31. The summed E-state index contributed by atoms with van der Waals surface area (Å²) < 4.78 is 10.9. The number of benzene rings is 2. The van der Waals surface area contributed by atoms with Gasteiger partial charge in [-0.1, -0.05) is 43.3 Å². The Morgan fingerprint density at radius 2 is 1.88 bits per heavy atom. The number of aryl methyl sites for hydroxylation is 1. The minimum atomic E-state index is -0.119. The van der Waals surface area contributed by atoms with Gasteiger partial charge in [-0.25, -0.2) is 0 Å². The zero-order valence-corrected chi connectivity index (χ0v) is 14.8. The molecule has 0 atom stereocenters. The van der Waals surface area contributed by atoms with Crippen molar-refractivity contribution in [1.82, 2.24) is 10.1 Å². The van der Waals surface area contributed by atoms with Gasteiger partial charge in [-0.05, 0) is 24.3 Å². The van der Waals surface area contributed by atoms with E-state index in [9.17, 15) is 4.79 Å². The van der Waals surface area contributed by atoms with Gasteiger partial charge >= 0.3 is 0 Å². The monoisotopic (exact) mass is 351 g/mol. The van der Waals surface area contributed by atoms with Gasteiger partial charge < -0.3 is 14.6 Å². The van der Waals surface area contributed by atoms with Crippen LogP contribution in [0.5, 0.6) is 11.5 Å². The van der Waals surface area contributed by atoms with Crippen molar-refractivity contribution in [3.8, 4) is 11.5 Å². The van der Waals surface area contributed by atoms with Gasteiger partial charge in [0.2, 0.25) is 11.8 Å².